The van der Waals surface area contributed by atoms with Gasteiger partial charge >= 0.3 is 5.97 Å². The zero-order valence-electron chi connectivity index (χ0n) is 8.07. The number of carbonyl (C=O) groups is 1. The van der Waals surface area contributed by atoms with E-state index in [0.29, 0.717) is 6.54 Å². The fourth-order valence-corrected chi connectivity index (χ4v) is 2.53. The molecule has 1 rings (SSSR count). The van der Waals surface area contributed by atoms with E-state index < -0.39 is 12.0 Å². The van der Waals surface area contributed by atoms with Gasteiger partial charge in [-0.25, -0.2) is 0 Å². The van der Waals surface area contributed by atoms with E-state index in [4.69, 9.17) is 10.8 Å². The Morgan fingerprint density at radius 1 is 1.67 bits per heavy atom. The maximum absolute atomic E-state index is 10.4. The smallest absolute Gasteiger partial charge is 0.321 e. The van der Waals surface area contributed by atoms with Gasteiger partial charge in [-0.1, -0.05) is 0 Å². The molecule has 1 aromatic heterocycles. The van der Waals surface area contributed by atoms with Gasteiger partial charge in [0.15, 0.2) is 0 Å². The van der Waals surface area contributed by atoms with Gasteiger partial charge in [-0.2, -0.15) is 0 Å². The highest BCUT2D eigenvalue weighted by Gasteiger charge is 2.09. The fraction of sp³-hybridized carbons (Fsp3) is 0.444. The third kappa shape index (κ3) is 4.74. The second-order valence-electron chi connectivity index (χ2n) is 3.10. The van der Waals surface area contributed by atoms with Crippen molar-refractivity contribution >= 4 is 33.2 Å². The summed E-state index contributed by atoms with van der Waals surface area (Å²) >= 11 is 5.07. The van der Waals surface area contributed by atoms with E-state index in [1.165, 1.54) is 4.88 Å². The number of thiophene rings is 1. The summed E-state index contributed by atoms with van der Waals surface area (Å²) in [6.07, 6.45) is 0.891. The van der Waals surface area contributed by atoms with Gasteiger partial charge in [0.2, 0.25) is 0 Å². The van der Waals surface area contributed by atoms with E-state index in [0.717, 1.165) is 16.8 Å². The molecule has 0 aliphatic heterocycles. The SMILES string of the molecule is NC(CNCCc1ccc(Br)s1)C(=O)O. The quantitative estimate of drug-likeness (QED) is 0.685. The Hall–Kier alpha value is -0.430. The number of carboxylic acids is 1. The van der Waals surface area contributed by atoms with Crippen LogP contribution in [0.1, 0.15) is 4.88 Å². The van der Waals surface area contributed by atoms with E-state index >= 15 is 0 Å². The second-order valence-corrected chi connectivity index (χ2v) is 5.65. The summed E-state index contributed by atoms with van der Waals surface area (Å²) in [4.78, 5) is 11.7. The van der Waals surface area contributed by atoms with Gasteiger partial charge in [-0.05, 0) is 34.5 Å². The van der Waals surface area contributed by atoms with E-state index in [1.54, 1.807) is 11.3 Å². The van der Waals surface area contributed by atoms with Gasteiger partial charge in [-0.15, -0.1) is 11.3 Å². The highest BCUT2D eigenvalue weighted by Crippen LogP contribution is 2.21. The topological polar surface area (TPSA) is 75.3 Å². The number of carboxylic acid groups (broad SMARTS) is 1. The van der Waals surface area contributed by atoms with E-state index in [-0.39, 0.29) is 0 Å². The molecule has 0 saturated heterocycles. The van der Waals surface area contributed by atoms with Crippen molar-refractivity contribution in [3.05, 3.63) is 20.8 Å². The molecule has 6 heteroatoms. The molecule has 0 bridgehead atoms. The van der Waals surface area contributed by atoms with Crippen molar-refractivity contribution in [1.29, 1.82) is 0 Å². The minimum Gasteiger partial charge on any atom is -0.480 e. The third-order valence-corrected chi connectivity index (χ3v) is 3.54. The normalized spacial score (nSPS) is 12.7. The maximum atomic E-state index is 10.4. The van der Waals surface area contributed by atoms with Gasteiger partial charge < -0.3 is 16.2 Å². The predicted octanol–water partition coefficient (Wildman–Crippen LogP) is 1.05. The molecule has 1 unspecified atom stereocenters. The largest absolute Gasteiger partial charge is 0.480 e. The van der Waals surface area contributed by atoms with Crippen LogP contribution in [0, 0.1) is 0 Å². The van der Waals surface area contributed by atoms with Crippen molar-refractivity contribution in [3.63, 3.8) is 0 Å². The molecule has 0 spiro atoms. The number of hydrogen-bond donors (Lipinski definition) is 3. The van der Waals surface area contributed by atoms with Crippen LogP contribution < -0.4 is 11.1 Å². The Bertz CT molecular complexity index is 330. The molecule has 1 atom stereocenters. The van der Waals surface area contributed by atoms with E-state index in [2.05, 4.69) is 21.2 Å². The molecular formula is C9H13BrN2O2S. The standard InChI is InChI=1S/C9H13BrN2O2S/c10-8-2-1-6(15-8)3-4-12-5-7(11)9(13)14/h1-2,7,12H,3-5,11H2,(H,13,14). The van der Waals surface area contributed by atoms with Crippen LogP contribution in [0.15, 0.2) is 15.9 Å². The highest BCUT2D eigenvalue weighted by molar-refractivity contribution is 9.11. The van der Waals surface area contributed by atoms with Crippen LogP contribution in [0.2, 0.25) is 0 Å². The van der Waals surface area contributed by atoms with Crippen LogP contribution in [-0.2, 0) is 11.2 Å². The lowest BCUT2D eigenvalue weighted by Crippen LogP contribution is -2.40. The molecule has 0 amide bonds. The summed E-state index contributed by atoms with van der Waals surface area (Å²) in [5.41, 5.74) is 5.33. The molecule has 0 aliphatic rings. The predicted molar refractivity (Wildman–Crippen MR) is 64.2 cm³/mol. The van der Waals surface area contributed by atoms with E-state index in [1.807, 2.05) is 12.1 Å². The zero-order chi connectivity index (χ0) is 11.3. The molecule has 0 aromatic carbocycles. The van der Waals surface area contributed by atoms with Crippen molar-refractivity contribution in [2.45, 2.75) is 12.5 Å². The van der Waals surface area contributed by atoms with Crippen molar-refractivity contribution < 1.29 is 9.90 Å². The number of aliphatic carboxylic acids is 1. The van der Waals surface area contributed by atoms with Crippen LogP contribution in [0.25, 0.3) is 0 Å². The Balaban J connectivity index is 2.14. The minimum atomic E-state index is -0.971. The second kappa shape index (κ2) is 6.22. The Kier molecular flexibility index (Phi) is 5.24. The first kappa shape index (κ1) is 12.6. The molecule has 1 heterocycles. The van der Waals surface area contributed by atoms with Crippen molar-refractivity contribution in [3.8, 4) is 0 Å². The van der Waals surface area contributed by atoms with Gasteiger partial charge in [0, 0.05) is 18.0 Å². The van der Waals surface area contributed by atoms with Crippen LogP contribution in [0.5, 0.6) is 0 Å². The Labute approximate surface area is 101 Å². The molecule has 0 fully saturated rings. The van der Waals surface area contributed by atoms with Gasteiger partial charge in [0.25, 0.3) is 0 Å². The molecule has 84 valence electrons. The van der Waals surface area contributed by atoms with Crippen LogP contribution in [-0.4, -0.2) is 30.2 Å². The molecular weight excluding hydrogens is 280 g/mol. The first-order valence-electron chi connectivity index (χ1n) is 4.53. The van der Waals surface area contributed by atoms with Crippen molar-refractivity contribution in [2.24, 2.45) is 5.73 Å². The molecule has 0 aliphatic carbocycles. The summed E-state index contributed by atoms with van der Waals surface area (Å²) in [5, 5.41) is 11.5. The fourth-order valence-electron chi connectivity index (χ4n) is 1.04. The van der Waals surface area contributed by atoms with Crippen molar-refractivity contribution in [1.82, 2.24) is 5.32 Å². The van der Waals surface area contributed by atoms with Crippen LogP contribution in [0.4, 0.5) is 0 Å². The number of nitrogens with one attached hydrogen (secondary N) is 1. The molecule has 15 heavy (non-hydrogen) atoms. The number of halogens is 1. The van der Waals surface area contributed by atoms with Crippen LogP contribution >= 0.6 is 27.3 Å². The molecule has 4 N–H and O–H groups in total. The summed E-state index contributed by atoms with van der Waals surface area (Å²) in [5.74, 6) is -0.971. The average molecular weight is 293 g/mol. The number of nitrogens with two attached hydrogens (primary N) is 1. The van der Waals surface area contributed by atoms with Crippen molar-refractivity contribution in [2.75, 3.05) is 13.1 Å². The first-order valence-corrected chi connectivity index (χ1v) is 6.14. The highest BCUT2D eigenvalue weighted by atomic mass is 79.9. The van der Waals surface area contributed by atoms with E-state index in [9.17, 15) is 4.79 Å². The summed E-state index contributed by atoms with van der Waals surface area (Å²) in [6, 6.07) is 3.23. The number of rotatable bonds is 6. The number of hydrogen-bond acceptors (Lipinski definition) is 4. The lowest BCUT2D eigenvalue weighted by Gasteiger charge is -2.07. The summed E-state index contributed by atoms with van der Waals surface area (Å²) < 4.78 is 1.11. The minimum absolute atomic E-state index is 0.307. The molecule has 4 nitrogen and oxygen atoms in total. The third-order valence-electron chi connectivity index (χ3n) is 1.86. The zero-order valence-corrected chi connectivity index (χ0v) is 10.5. The Morgan fingerprint density at radius 2 is 2.40 bits per heavy atom. The summed E-state index contributed by atoms with van der Waals surface area (Å²) in [6.45, 7) is 1.05. The van der Waals surface area contributed by atoms with Gasteiger partial charge in [-0.3, -0.25) is 4.79 Å². The first-order chi connectivity index (χ1) is 7.09. The molecule has 0 saturated carbocycles. The van der Waals surface area contributed by atoms with Gasteiger partial charge in [0.1, 0.15) is 6.04 Å². The molecule has 1 aromatic rings. The average Bonchev–Trinajstić information content (AvgIpc) is 2.58. The lowest BCUT2D eigenvalue weighted by molar-refractivity contribution is -0.138. The monoisotopic (exact) mass is 292 g/mol. The van der Waals surface area contributed by atoms with Gasteiger partial charge in [0.05, 0.1) is 3.79 Å². The lowest BCUT2D eigenvalue weighted by atomic mass is 10.3. The summed E-state index contributed by atoms with van der Waals surface area (Å²) in [7, 11) is 0. The Morgan fingerprint density at radius 3 is 2.93 bits per heavy atom. The van der Waals surface area contributed by atoms with Crippen LogP contribution in [0.3, 0.4) is 0 Å². The molecule has 0 radical (unpaired) electrons. The maximum Gasteiger partial charge on any atom is 0.321 e.